The fraction of sp³-hybridized carbons (Fsp3) is 1.00. The summed E-state index contributed by atoms with van der Waals surface area (Å²) in [6, 6.07) is 0. The standard InChI is InChI=1S/C11H27NO3Si.H3N/c1-5-9-10-11(12)16(13-6-2,14-7-3)15-8-4;/h11H,5-10,12H2,1-4H3;1H3. The van der Waals surface area contributed by atoms with Crippen molar-refractivity contribution in [3.8, 4) is 0 Å². The van der Waals surface area contributed by atoms with Crippen LogP contribution in [0.3, 0.4) is 0 Å². The fourth-order valence-corrected chi connectivity index (χ4v) is 4.31. The topological polar surface area (TPSA) is 88.7 Å². The van der Waals surface area contributed by atoms with Crippen molar-refractivity contribution in [1.82, 2.24) is 6.15 Å². The summed E-state index contributed by atoms with van der Waals surface area (Å²) in [6.45, 7) is 9.77. The van der Waals surface area contributed by atoms with Crippen molar-refractivity contribution >= 4 is 8.80 Å². The van der Waals surface area contributed by atoms with Crippen LogP contribution in [0.4, 0.5) is 0 Å². The van der Waals surface area contributed by atoms with Crippen LogP contribution in [-0.2, 0) is 13.3 Å². The van der Waals surface area contributed by atoms with Gasteiger partial charge in [-0.25, -0.2) is 0 Å². The van der Waals surface area contributed by atoms with E-state index in [0.29, 0.717) is 19.8 Å². The fourth-order valence-electron chi connectivity index (χ4n) is 1.65. The molecule has 106 valence electrons. The van der Waals surface area contributed by atoms with E-state index >= 15 is 0 Å². The average molecular weight is 266 g/mol. The molecule has 0 bridgehead atoms. The first-order chi connectivity index (χ1) is 7.66. The molecule has 5 N–H and O–H groups in total. The number of nitrogens with two attached hydrogens (primary N) is 1. The van der Waals surface area contributed by atoms with Crippen LogP contribution in [-0.4, -0.2) is 34.3 Å². The summed E-state index contributed by atoms with van der Waals surface area (Å²) in [5.41, 5.74) is 6.08. The molecule has 0 aromatic rings. The summed E-state index contributed by atoms with van der Waals surface area (Å²) >= 11 is 0. The summed E-state index contributed by atoms with van der Waals surface area (Å²) in [5, 5.41) is 0. The van der Waals surface area contributed by atoms with Gasteiger partial charge in [-0.2, -0.15) is 0 Å². The van der Waals surface area contributed by atoms with Gasteiger partial charge in [0.25, 0.3) is 0 Å². The highest BCUT2D eigenvalue weighted by molar-refractivity contribution is 6.62. The minimum atomic E-state index is -2.66. The molecule has 0 aliphatic rings. The number of hydrogen-bond acceptors (Lipinski definition) is 5. The van der Waals surface area contributed by atoms with Gasteiger partial charge < -0.3 is 25.2 Å². The Morgan fingerprint density at radius 2 is 1.35 bits per heavy atom. The molecule has 0 radical (unpaired) electrons. The van der Waals surface area contributed by atoms with Gasteiger partial charge >= 0.3 is 8.80 Å². The van der Waals surface area contributed by atoms with Crippen molar-refractivity contribution in [1.29, 1.82) is 0 Å². The SMILES string of the molecule is CCCCC(N)[Si](OCC)(OCC)OCC.N. The monoisotopic (exact) mass is 266 g/mol. The Morgan fingerprint density at radius 3 is 1.65 bits per heavy atom. The average Bonchev–Trinajstić information content (AvgIpc) is 2.26. The molecule has 0 amide bonds. The van der Waals surface area contributed by atoms with Crippen molar-refractivity contribution in [2.45, 2.75) is 52.6 Å². The Bertz CT molecular complexity index is 156. The quantitative estimate of drug-likeness (QED) is 0.592. The summed E-state index contributed by atoms with van der Waals surface area (Å²) < 4.78 is 17.2. The van der Waals surface area contributed by atoms with Gasteiger partial charge in [-0.3, -0.25) is 0 Å². The molecule has 0 spiro atoms. The van der Waals surface area contributed by atoms with Crippen LogP contribution in [0, 0.1) is 0 Å². The molecule has 1 unspecified atom stereocenters. The van der Waals surface area contributed by atoms with Crippen LogP contribution in [0.25, 0.3) is 0 Å². The third-order valence-electron chi connectivity index (χ3n) is 2.36. The van der Waals surface area contributed by atoms with Crippen molar-refractivity contribution in [2.24, 2.45) is 5.73 Å². The van der Waals surface area contributed by atoms with Crippen LogP contribution in [0.2, 0.25) is 0 Å². The summed E-state index contributed by atoms with van der Waals surface area (Å²) in [5.74, 6) is 0. The lowest BCUT2D eigenvalue weighted by atomic mass is 10.2. The molecule has 5 nitrogen and oxygen atoms in total. The van der Waals surface area contributed by atoms with Gasteiger partial charge in [0.05, 0.1) is 5.67 Å². The Labute approximate surface area is 107 Å². The van der Waals surface area contributed by atoms with Gasteiger partial charge in [0.15, 0.2) is 0 Å². The third kappa shape index (κ3) is 6.49. The summed E-state index contributed by atoms with van der Waals surface area (Å²) in [4.78, 5) is 0. The number of hydrogen-bond donors (Lipinski definition) is 2. The van der Waals surface area contributed by atoms with Gasteiger partial charge in [0.2, 0.25) is 0 Å². The van der Waals surface area contributed by atoms with Crippen molar-refractivity contribution in [2.75, 3.05) is 19.8 Å². The van der Waals surface area contributed by atoms with E-state index < -0.39 is 8.80 Å². The Hall–Kier alpha value is 0.0169. The molecule has 0 aromatic heterocycles. The van der Waals surface area contributed by atoms with Crippen molar-refractivity contribution in [3.63, 3.8) is 0 Å². The van der Waals surface area contributed by atoms with E-state index in [1.807, 2.05) is 20.8 Å². The second-order valence-electron chi connectivity index (χ2n) is 3.65. The first-order valence-corrected chi connectivity index (χ1v) is 8.14. The van der Waals surface area contributed by atoms with E-state index in [4.69, 9.17) is 19.0 Å². The zero-order valence-corrected chi connectivity index (χ0v) is 12.8. The lowest BCUT2D eigenvalue weighted by molar-refractivity contribution is 0.0611. The predicted molar refractivity (Wildman–Crippen MR) is 73.2 cm³/mol. The molecule has 0 saturated heterocycles. The van der Waals surface area contributed by atoms with Crippen molar-refractivity contribution in [3.05, 3.63) is 0 Å². The highest BCUT2D eigenvalue weighted by atomic mass is 28.4. The second kappa shape index (κ2) is 11.1. The van der Waals surface area contributed by atoms with Gasteiger partial charge in [-0.1, -0.05) is 19.8 Å². The van der Waals surface area contributed by atoms with Gasteiger partial charge in [-0.05, 0) is 27.2 Å². The first-order valence-electron chi connectivity index (χ1n) is 6.34. The summed E-state index contributed by atoms with van der Waals surface area (Å²) in [7, 11) is -2.66. The molecule has 6 heteroatoms. The Balaban J connectivity index is 0. The molecule has 1 atom stereocenters. The zero-order chi connectivity index (χ0) is 12.4. The molecule has 0 aliphatic heterocycles. The van der Waals surface area contributed by atoms with Crippen LogP contribution in [0.1, 0.15) is 47.0 Å². The molecule has 17 heavy (non-hydrogen) atoms. The largest absolute Gasteiger partial charge is 0.518 e. The maximum Gasteiger partial charge on any atom is 0.518 e. The van der Waals surface area contributed by atoms with Crippen LogP contribution < -0.4 is 11.9 Å². The predicted octanol–water partition coefficient (Wildman–Crippen LogP) is 2.25. The van der Waals surface area contributed by atoms with Gasteiger partial charge in [0, 0.05) is 19.8 Å². The zero-order valence-electron chi connectivity index (χ0n) is 11.8. The third-order valence-corrected chi connectivity index (χ3v) is 5.63. The van der Waals surface area contributed by atoms with Gasteiger partial charge in [0.1, 0.15) is 0 Å². The molecule has 0 saturated carbocycles. The molecule has 0 aliphatic carbocycles. The van der Waals surface area contributed by atoms with Crippen LogP contribution in [0.15, 0.2) is 0 Å². The smallest absolute Gasteiger partial charge is 0.373 e. The Morgan fingerprint density at radius 1 is 0.941 bits per heavy atom. The maximum absolute atomic E-state index is 6.18. The normalized spacial score (nSPS) is 13.2. The van der Waals surface area contributed by atoms with E-state index in [0.717, 1.165) is 19.3 Å². The van der Waals surface area contributed by atoms with Crippen LogP contribution in [0.5, 0.6) is 0 Å². The van der Waals surface area contributed by atoms with E-state index in [2.05, 4.69) is 6.92 Å². The maximum atomic E-state index is 6.18. The molecule has 0 fully saturated rings. The minimum absolute atomic E-state index is 0. The number of rotatable bonds is 10. The van der Waals surface area contributed by atoms with E-state index in [1.165, 1.54) is 0 Å². The lowest BCUT2D eigenvalue weighted by Gasteiger charge is -2.33. The highest BCUT2D eigenvalue weighted by Crippen LogP contribution is 2.17. The Kier molecular flexibility index (Phi) is 12.7. The van der Waals surface area contributed by atoms with E-state index in [-0.39, 0.29) is 11.8 Å². The van der Waals surface area contributed by atoms with Crippen LogP contribution >= 0.6 is 0 Å². The molecular formula is C11H30N2O3Si. The molecule has 0 aromatic carbocycles. The lowest BCUT2D eigenvalue weighted by Crippen LogP contribution is -2.60. The first kappa shape index (κ1) is 19.4. The summed E-state index contributed by atoms with van der Waals surface area (Å²) in [6.07, 6.45) is 3.12. The minimum Gasteiger partial charge on any atom is -0.373 e. The number of unbranched alkanes of at least 4 members (excludes halogenated alkanes) is 1. The van der Waals surface area contributed by atoms with E-state index in [9.17, 15) is 0 Å². The molecular weight excluding hydrogens is 236 g/mol. The molecule has 0 rings (SSSR count). The van der Waals surface area contributed by atoms with E-state index in [1.54, 1.807) is 0 Å². The molecule has 0 heterocycles. The second-order valence-corrected chi connectivity index (χ2v) is 6.47. The van der Waals surface area contributed by atoms with Crippen molar-refractivity contribution < 1.29 is 13.3 Å². The van der Waals surface area contributed by atoms with Gasteiger partial charge in [-0.15, -0.1) is 0 Å². The highest BCUT2D eigenvalue weighted by Gasteiger charge is 2.46.